The topological polar surface area (TPSA) is 105 Å². The lowest BCUT2D eigenvalue weighted by molar-refractivity contribution is 0.0846. The molecule has 0 radical (unpaired) electrons. The number of aromatic amines is 1. The third-order valence-corrected chi connectivity index (χ3v) is 2.48. The number of nitrogen functional groups attached to an aromatic ring is 1. The van der Waals surface area contributed by atoms with Crippen LogP contribution in [0.25, 0.3) is 0 Å². The molecule has 4 N–H and O–H groups in total. The fourth-order valence-electron chi connectivity index (χ4n) is 1.49. The first kappa shape index (κ1) is 12.6. The zero-order valence-corrected chi connectivity index (χ0v) is 9.84. The van der Waals surface area contributed by atoms with Gasteiger partial charge in [0.2, 0.25) is 0 Å². The number of hydrogen-bond acceptors (Lipinski definition) is 4. The first-order valence-electron chi connectivity index (χ1n) is 5.45. The molecule has 2 rings (SSSR count). The van der Waals surface area contributed by atoms with Gasteiger partial charge in [-0.25, -0.2) is 0 Å². The Kier molecular flexibility index (Phi) is 3.42. The molecule has 0 bridgehead atoms. The molecular formula is C13H11N3O3. The molecule has 1 heterocycles. The van der Waals surface area contributed by atoms with Crippen molar-refractivity contribution in [3.8, 4) is 0 Å². The Hall–Kier alpha value is -2.89. The second-order valence-electron chi connectivity index (χ2n) is 3.85. The summed E-state index contributed by atoms with van der Waals surface area (Å²) in [5.41, 5.74) is 6.77. The molecular weight excluding hydrogens is 246 g/mol. The van der Waals surface area contributed by atoms with Crippen molar-refractivity contribution in [2.75, 3.05) is 5.73 Å². The lowest BCUT2D eigenvalue weighted by atomic mass is 10.2. The highest BCUT2D eigenvalue weighted by molar-refractivity contribution is 6.10. The number of carbonyl (C=O) groups is 3. The summed E-state index contributed by atoms with van der Waals surface area (Å²) in [7, 11) is 0. The Morgan fingerprint density at radius 1 is 1.05 bits per heavy atom. The van der Waals surface area contributed by atoms with Crippen LogP contribution < -0.4 is 11.1 Å². The molecule has 0 aliphatic rings. The predicted octanol–water partition coefficient (Wildman–Crippen LogP) is 0.980. The van der Waals surface area contributed by atoms with Gasteiger partial charge in [0, 0.05) is 11.3 Å². The summed E-state index contributed by atoms with van der Waals surface area (Å²) in [6.45, 7) is 0. The number of aromatic nitrogens is 1. The second-order valence-corrected chi connectivity index (χ2v) is 3.85. The smallest absolute Gasteiger partial charge is 0.274 e. The molecule has 6 nitrogen and oxygen atoms in total. The van der Waals surface area contributed by atoms with Crippen LogP contribution in [0.5, 0.6) is 0 Å². The molecule has 0 aliphatic heterocycles. The molecule has 1 aromatic carbocycles. The Bertz CT molecular complexity index is 629. The normalized spacial score (nSPS) is 9.89. The lowest BCUT2D eigenvalue weighted by Crippen LogP contribution is -2.30. The predicted molar refractivity (Wildman–Crippen MR) is 68.8 cm³/mol. The number of nitrogens with one attached hydrogen (secondary N) is 2. The van der Waals surface area contributed by atoms with Crippen LogP contribution >= 0.6 is 0 Å². The monoisotopic (exact) mass is 257 g/mol. The van der Waals surface area contributed by atoms with Gasteiger partial charge in [0.15, 0.2) is 6.29 Å². The van der Waals surface area contributed by atoms with Crippen molar-refractivity contribution in [1.29, 1.82) is 0 Å². The van der Waals surface area contributed by atoms with E-state index in [2.05, 4.69) is 10.3 Å². The van der Waals surface area contributed by atoms with E-state index in [0.717, 1.165) is 0 Å². The van der Waals surface area contributed by atoms with E-state index >= 15 is 0 Å². The third kappa shape index (κ3) is 2.86. The van der Waals surface area contributed by atoms with E-state index in [1.54, 1.807) is 12.1 Å². The number of benzene rings is 1. The van der Waals surface area contributed by atoms with Gasteiger partial charge in [-0.2, -0.15) is 0 Å². The molecule has 2 aromatic rings. The highest BCUT2D eigenvalue weighted by Gasteiger charge is 2.13. The Balaban J connectivity index is 2.08. The Morgan fingerprint density at radius 2 is 1.74 bits per heavy atom. The summed E-state index contributed by atoms with van der Waals surface area (Å²) in [6.07, 6.45) is 0.582. The maximum Gasteiger partial charge on any atom is 0.274 e. The van der Waals surface area contributed by atoms with Gasteiger partial charge >= 0.3 is 0 Å². The van der Waals surface area contributed by atoms with Gasteiger partial charge in [-0.1, -0.05) is 0 Å². The minimum atomic E-state index is -0.602. The SMILES string of the molecule is Nc1ccc(C(=O)NC(=O)c2ccc(C=O)[nH]2)cc1. The molecule has 0 saturated heterocycles. The van der Waals surface area contributed by atoms with Crippen molar-refractivity contribution in [1.82, 2.24) is 10.3 Å². The number of carbonyl (C=O) groups excluding carboxylic acids is 3. The number of nitrogens with two attached hydrogens (primary N) is 1. The quantitative estimate of drug-likeness (QED) is 0.433. The number of hydrogen-bond donors (Lipinski definition) is 3. The number of amides is 2. The Morgan fingerprint density at radius 3 is 2.32 bits per heavy atom. The summed E-state index contributed by atoms with van der Waals surface area (Å²) in [5.74, 6) is -1.14. The van der Waals surface area contributed by atoms with Crippen LogP contribution in [0.3, 0.4) is 0 Å². The number of rotatable bonds is 3. The molecule has 96 valence electrons. The van der Waals surface area contributed by atoms with Gasteiger partial charge in [-0.15, -0.1) is 0 Å². The molecule has 0 saturated carbocycles. The van der Waals surface area contributed by atoms with E-state index in [9.17, 15) is 14.4 Å². The number of imide groups is 1. The molecule has 0 spiro atoms. The lowest BCUT2D eigenvalue weighted by Gasteiger charge is -2.03. The molecule has 19 heavy (non-hydrogen) atoms. The largest absolute Gasteiger partial charge is 0.399 e. The van der Waals surface area contributed by atoms with Gasteiger partial charge in [0.05, 0.1) is 5.69 Å². The molecule has 6 heteroatoms. The van der Waals surface area contributed by atoms with Crippen LogP contribution in [-0.2, 0) is 0 Å². The molecule has 0 atom stereocenters. The van der Waals surface area contributed by atoms with Gasteiger partial charge in [0.1, 0.15) is 5.69 Å². The van der Waals surface area contributed by atoms with Crippen LogP contribution in [-0.4, -0.2) is 23.1 Å². The van der Waals surface area contributed by atoms with Crippen LogP contribution in [0.2, 0.25) is 0 Å². The van der Waals surface area contributed by atoms with E-state index in [1.807, 2.05) is 0 Å². The standard InChI is InChI=1S/C13H11N3O3/c14-9-3-1-8(2-4-9)12(18)16-13(19)11-6-5-10(7-17)15-11/h1-7,15H,14H2,(H,16,18,19). The molecule has 0 aliphatic carbocycles. The zero-order valence-electron chi connectivity index (χ0n) is 9.84. The van der Waals surface area contributed by atoms with E-state index in [1.165, 1.54) is 24.3 Å². The first-order chi connectivity index (χ1) is 9.10. The van der Waals surface area contributed by atoms with E-state index < -0.39 is 11.8 Å². The highest BCUT2D eigenvalue weighted by atomic mass is 16.2. The van der Waals surface area contributed by atoms with Crippen molar-refractivity contribution >= 4 is 23.8 Å². The molecule has 1 aromatic heterocycles. The van der Waals surface area contributed by atoms with Gasteiger partial charge in [-0.3, -0.25) is 19.7 Å². The maximum absolute atomic E-state index is 11.8. The van der Waals surface area contributed by atoms with Crippen molar-refractivity contribution < 1.29 is 14.4 Å². The summed E-state index contributed by atoms with van der Waals surface area (Å²) >= 11 is 0. The Labute approximate surface area is 108 Å². The van der Waals surface area contributed by atoms with Crippen LogP contribution in [0.4, 0.5) is 5.69 Å². The van der Waals surface area contributed by atoms with Crippen LogP contribution in [0.1, 0.15) is 31.3 Å². The molecule has 2 amide bonds. The van der Waals surface area contributed by atoms with Crippen LogP contribution in [0.15, 0.2) is 36.4 Å². The summed E-state index contributed by atoms with van der Waals surface area (Å²) < 4.78 is 0. The van der Waals surface area contributed by atoms with Gasteiger partial charge < -0.3 is 10.7 Å². The summed E-state index contributed by atoms with van der Waals surface area (Å²) in [5, 5.41) is 2.20. The van der Waals surface area contributed by atoms with Crippen molar-refractivity contribution in [2.45, 2.75) is 0 Å². The van der Waals surface area contributed by atoms with E-state index in [4.69, 9.17) is 5.73 Å². The van der Waals surface area contributed by atoms with E-state index in [-0.39, 0.29) is 11.4 Å². The average Bonchev–Trinajstić information content (AvgIpc) is 2.88. The summed E-state index contributed by atoms with van der Waals surface area (Å²) in [6, 6.07) is 9.05. The fraction of sp³-hybridized carbons (Fsp3) is 0. The van der Waals surface area contributed by atoms with Crippen molar-refractivity contribution in [2.24, 2.45) is 0 Å². The second kappa shape index (κ2) is 5.18. The number of anilines is 1. The minimum absolute atomic E-state index is 0.144. The minimum Gasteiger partial charge on any atom is -0.399 e. The van der Waals surface area contributed by atoms with Crippen molar-refractivity contribution in [3.05, 3.63) is 53.3 Å². The fourth-order valence-corrected chi connectivity index (χ4v) is 1.49. The third-order valence-electron chi connectivity index (χ3n) is 2.48. The van der Waals surface area contributed by atoms with Gasteiger partial charge in [-0.05, 0) is 36.4 Å². The van der Waals surface area contributed by atoms with Crippen LogP contribution in [0, 0.1) is 0 Å². The van der Waals surface area contributed by atoms with Gasteiger partial charge in [0.25, 0.3) is 11.8 Å². The number of aldehydes is 1. The average molecular weight is 257 g/mol. The zero-order chi connectivity index (χ0) is 13.8. The maximum atomic E-state index is 11.8. The first-order valence-corrected chi connectivity index (χ1v) is 5.45. The van der Waals surface area contributed by atoms with Crippen molar-refractivity contribution in [3.63, 3.8) is 0 Å². The summed E-state index contributed by atoms with van der Waals surface area (Å²) in [4.78, 5) is 36.5. The molecule has 0 unspecified atom stereocenters. The molecule has 0 fully saturated rings. The number of H-pyrrole nitrogens is 1. The van der Waals surface area contributed by atoms with E-state index in [0.29, 0.717) is 17.5 Å². The highest BCUT2D eigenvalue weighted by Crippen LogP contribution is 2.06.